The van der Waals surface area contributed by atoms with Gasteiger partial charge in [-0.3, -0.25) is 9.69 Å². The summed E-state index contributed by atoms with van der Waals surface area (Å²) in [7, 11) is 0. The standard InChI is InChI=1S/C18H19F2N3O/c1-10-21-17-8-14-4-3-13(7-15(17)18(24)22-10)23(14)9-11-6-12(19)2-5-16(11)20/h2,5-6,13-14H,3-4,7-9H2,1H3,(H,21,22,24)/t13-,14-/m1/s1. The lowest BCUT2D eigenvalue weighted by molar-refractivity contribution is 0.185. The van der Waals surface area contributed by atoms with Crippen molar-refractivity contribution in [2.24, 2.45) is 0 Å². The maximum atomic E-state index is 14.0. The van der Waals surface area contributed by atoms with Crippen molar-refractivity contribution in [1.29, 1.82) is 0 Å². The normalized spacial score (nSPS) is 23.1. The van der Waals surface area contributed by atoms with E-state index in [1.54, 1.807) is 6.92 Å². The van der Waals surface area contributed by atoms with E-state index in [2.05, 4.69) is 14.9 Å². The topological polar surface area (TPSA) is 49.0 Å². The van der Waals surface area contributed by atoms with Crippen molar-refractivity contribution in [3.05, 3.63) is 62.8 Å². The summed E-state index contributed by atoms with van der Waals surface area (Å²) < 4.78 is 27.5. The molecule has 1 fully saturated rings. The second-order valence-electron chi connectivity index (χ2n) is 6.78. The first-order valence-electron chi connectivity index (χ1n) is 8.29. The van der Waals surface area contributed by atoms with Gasteiger partial charge >= 0.3 is 0 Å². The summed E-state index contributed by atoms with van der Waals surface area (Å²) in [6.07, 6.45) is 3.27. The molecule has 0 saturated carbocycles. The van der Waals surface area contributed by atoms with Crippen molar-refractivity contribution < 1.29 is 8.78 Å². The summed E-state index contributed by atoms with van der Waals surface area (Å²) in [5.74, 6) is -0.186. The molecule has 0 spiro atoms. The summed E-state index contributed by atoms with van der Waals surface area (Å²) in [6, 6.07) is 3.96. The Morgan fingerprint density at radius 1 is 1.25 bits per heavy atom. The predicted octanol–water partition coefficient (Wildman–Crippen LogP) is 2.49. The Balaban J connectivity index is 1.67. The Hall–Kier alpha value is -2.08. The van der Waals surface area contributed by atoms with Gasteiger partial charge in [0, 0.05) is 36.2 Å². The highest BCUT2D eigenvalue weighted by Crippen LogP contribution is 2.34. The number of rotatable bonds is 2. The average Bonchev–Trinajstić information content (AvgIpc) is 2.79. The fourth-order valence-electron chi connectivity index (χ4n) is 4.08. The Labute approximate surface area is 138 Å². The van der Waals surface area contributed by atoms with Gasteiger partial charge in [0.15, 0.2) is 0 Å². The van der Waals surface area contributed by atoms with Crippen LogP contribution >= 0.6 is 0 Å². The Bertz CT molecular complexity index is 849. The predicted molar refractivity (Wildman–Crippen MR) is 85.7 cm³/mol. The van der Waals surface area contributed by atoms with E-state index in [-0.39, 0.29) is 23.5 Å². The minimum absolute atomic E-state index is 0.0677. The van der Waals surface area contributed by atoms with Crippen LogP contribution in [0.1, 0.15) is 35.5 Å². The second kappa shape index (κ2) is 5.77. The van der Waals surface area contributed by atoms with Crippen LogP contribution in [0.2, 0.25) is 0 Å². The third-order valence-corrected chi connectivity index (χ3v) is 5.22. The maximum absolute atomic E-state index is 14.0. The highest BCUT2D eigenvalue weighted by atomic mass is 19.1. The van der Waals surface area contributed by atoms with Crippen LogP contribution < -0.4 is 5.56 Å². The van der Waals surface area contributed by atoms with Crippen LogP contribution in [-0.2, 0) is 19.4 Å². The summed E-state index contributed by atoms with van der Waals surface area (Å²) in [5, 5.41) is 0. The van der Waals surface area contributed by atoms with Gasteiger partial charge in [-0.05, 0) is 44.4 Å². The lowest BCUT2D eigenvalue weighted by Gasteiger charge is -2.28. The lowest BCUT2D eigenvalue weighted by atomic mass is 9.98. The smallest absolute Gasteiger partial charge is 0.254 e. The van der Waals surface area contributed by atoms with Crippen LogP contribution in [-0.4, -0.2) is 27.0 Å². The van der Waals surface area contributed by atoms with Crippen molar-refractivity contribution in [3.8, 4) is 0 Å². The van der Waals surface area contributed by atoms with Gasteiger partial charge < -0.3 is 4.98 Å². The summed E-state index contributed by atoms with van der Waals surface area (Å²) >= 11 is 0. The maximum Gasteiger partial charge on any atom is 0.254 e. The van der Waals surface area contributed by atoms with E-state index in [1.165, 1.54) is 12.1 Å². The molecule has 4 nitrogen and oxygen atoms in total. The molecule has 3 heterocycles. The van der Waals surface area contributed by atoms with Gasteiger partial charge in [-0.15, -0.1) is 0 Å². The Morgan fingerprint density at radius 2 is 2.00 bits per heavy atom. The number of aromatic amines is 1. The Morgan fingerprint density at radius 3 is 2.79 bits per heavy atom. The average molecular weight is 331 g/mol. The molecule has 0 radical (unpaired) electrons. The molecule has 2 atom stereocenters. The SMILES string of the molecule is Cc1nc2c(c(=O)[nH]1)C[C@H]1CC[C@H](C2)N1Cc1cc(F)ccc1F. The van der Waals surface area contributed by atoms with Crippen molar-refractivity contribution in [1.82, 2.24) is 14.9 Å². The molecular formula is C18H19F2N3O. The van der Waals surface area contributed by atoms with Gasteiger partial charge in [-0.2, -0.15) is 0 Å². The van der Waals surface area contributed by atoms with Gasteiger partial charge in [-0.25, -0.2) is 13.8 Å². The zero-order valence-electron chi connectivity index (χ0n) is 13.5. The van der Waals surface area contributed by atoms with Crippen LogP contribution in [0.15, 0.2) is 23.0 Å². The molecule has 1 aromatic heterocycles. The molecule has 6 heteroatoms. The molecular weight excluding hydrogens is 312 g/mol. The summed E-state index contributed by atoms with van der Waals surface area (Å²) in [4.78, 5) is 21.8. The number of H-pyrrole nitrogens is 1. The van der Waals surface area contributed by atoms with E-state index in [0.29, 0.717) is 30.8 Å². The minimum atomic E-state index is -0.425. The van der Waals surface area contributed by atoms with E-state index in [4.69, 9.17) is 0 Å². The van der Waals surface area contributed by atoms with Crippen molar-refractivity contribution >= 4 is 0 Å². The van der Waals surface area contributed by atoms with Gasteiger partial charge in [-0.1, -0.05) is 0 Å². The zero-order chi connectivity index (χ0) is 16.8. The lowest BCUT2D eigenvalue weighted by Crippen LogP contribution is -2.36. The fraction of sp³-hybridized carbons (Fsp3) is 0.444. The first-order chi connectivity index (χ1) is 11.5. The number of benzene rings is 1. The first kappa shape index (κ1) is 15.4. The van der Waals surface area contributed by atoms with Gasteiger partial charge in [0.2, 0.25) is 0 Å². The first-order valence-corrected chi connectivity index (χ1v) is 8.29. The molecule has 1 aromatic carbocycles. The van der Waals surface area contributed by atoms with E-state index >= 15 is 0 Å². The summed E-state index contributed by atoms with van der Waals surface area (Å²) in [6.45, 7) is 2.15. The van der Waals surface area contributed by atoms with Crippen LogP contribution in [0.5, 0.6) is 0 Å². The van der Waals surface area contributed by atoms with Gasteiger partial charge in [0.1, 0.15) is 17.5 Å². The largest absolute Gasteiger partial charge is 0.311 e. The number of hydrogen-bond donors (Lipinski definition) is 1. The van der Waals surface area contributed by atoms with Crippen LogP contribution in [0.4, 0.5) is 8.78 Å². The van der Waals surface area contributed by atoms with Crippen molar-refractivity contribution in [3.63, 3.8) is 0 Å². The molecule has 2 aliphatic heterocycles. The second-order valence-corrected chi connectivity index (χ2v) is 6.78. The Kier molecular flexibility index (Phi) is 3.72. The molecule has 0 amide bonds. The number of fused-ring (bicyclic) bond motifs is 3. The van der Waals surface area contributed by atoms with E-state index in [1.807, 2.05) is 0 Å². The third-order valence-electron chi connectivity index (χ3n) is 5.22. The number of nitrogens with one attached hydrogen (secondary N) is 1. The minimum Gasteiger partial charge on any atom is -0.311 e. The molecule has 126 valence electrons. The molecule has 1 N–H and O–H groups in total. The van der Waals surface area contributed by atoms with E-state index in [9.17, 15) is 13.6 Å². The number of aryl methyl sites for hydroxylation is 1. The van der Waals surface area contributed by atoms with E-state index in [0.717, 1.165) is 30.2 Å². The molecule has 2 bridgehead atoms. The number of hydrogen-bond acceptors (Lipinski definition) is 3. The number of aromatic nitrogens is 2. The zero-order valence-corrected chi connectivity index (χ0v) is 13.5. The summed E-state index contributed by atoms with van der Waals surface area (Å²) in [5.41, 5.74) is 1.91. The van der Waals surface area contributed by atoms with E-state index < -0.39 is 5.82 Å². The molecule has 1 saturated heterocycles. The third kappa shape index (κ3) is 2.65. The molecule has 4 rings (SSSR count). The quantitative estimate of drug-likeness (QED) is 0.920. The van der Waals surface area contributed by atoms with Gasteiger partial charge in [0.25, 0.3) is 5.56 Å². The number of halogens is 2. The highest BCUT2D eigenvalue weighted by molar-refractivity contribution is 5.25. The highest BCUT2D eigenvalue weighted by Gasteiger charge is 2.38. The monoisotopic (exact) mass is 331 g/mol. The molecule has 2 aromatic rings. The van der Waals surface area contributed by atoms with Crippen molar-refractivity contribution in [2.45, 2.75) is 51.2 Å². The molecule has 0 aliphatic carbocycles. The van der Waals surface area contributed by atoms with Crippen LogP contribution in [0.25, 0.3) is 0 Å². The van der Waals surface area contributed by atoms with Gasteiger partial charge in [0.05, 0.1) is 5.69 Å². The molecule has 24 heavy (non-hydrogen) atoms. The van der Waals surface area contributed by atoms with Crippen LogP contribution in [0.3, 0.4) is 0 Å². The molecule has 0 unspecified atom stereocenters. The number of nitrogens with zero attached hydrogens (tertiary/aromatic N) is 2. The van der Waals surface area contributed by atoms with Crippen molar-refractivity contribution in [2.75, 3.05) is 0 Å². The molecule has 2 aliphatic rings. The fourth-order valence-corrected chi connectivity index (χ4v) is 4.08. The van der Waals surface area contributed by atoms with Crippen LogP contribution in [0, 0.1) is 18.6 Å².